The maximum Gasteiger partial charge on any atom is 0.410 e. The van der Waals surface area contributed by atoms with Gasteiger partial charge in [0.2, 0.25) is 5.24 Å². The van der Waals surface area contributed by atoms with Gasteiger partial charge in [-0.2, -0.15) is 0 Å². The molecule has 98 valence electrons. The molecule has 0 aromatic heterocycles. The molecule has 0 radical (unpaired) electrons. The van der Waals surface area contributed by atoms with E-state index in [9.17, 15) is 9.59 Å². The summed E-state index contributed by atoms with van der Waals surface area (Å²) in [4.78, 5) is 24.5. The summed E-state index contributed by atoms with van der Waals surface area (Å²) in [5.41, 5.74) is -0.510. The van der Waals surface area contributed by atoms with E-state index in [2.05, 4.69) is 0 Å². The fourth-order valence-corrected chi connectivity index (χ4v) is 2.14. The van der Waals surface area contributed by atoms with E-state index in [1.54, 1.807) is 4.90 Å². The van der Waals surface area contributed by atoms with E-state index in [1.165, 1.54) is 0 Å². The molecule has 1 rings (SSSR count). The van der Waals surface area contributed by atoms with Crippen molar-refractivity contribution in [3.05, 3.63) is 0 Å². The summed E-state index contributed by atoms with van der Waals surface area (Å²) in [6.07, 6.45) is 2.65. The van der Waals surface area contributed by atoms with Crippen molar-refractivity contribution in [2.45, 2.75) is 58.1 Å². The van der Waals surface area contributed by atoms with Gasteiger partial charge >= 0.3 is 6.09 Å². The van der Waals surface area contributed by atoms with Crippen LogP contribution in [0.25, 0.3) is 0 Å². The average Bonchev–Trinajstić information content (AvgIpc) is 2.14. The van der Waals surface area contributed by atoms with Crippen LogP contribution in [-0.4, -0.2) is 34.4 Å². The summed E-state index contributed by atoms with van der Waals surface area (Å²) in [6.45, 7) is 6.13. The van der Waals surface area contributed by atoms with Crippen molar-refractivity contribution in [3.8, 4) is 0 Å². The predicted molar refractivity (Wildman–Crippen MR) is 66.1 cm³/mol. The summed E-state index contributed by atoms with van der Waals surface area (Å²) in [5, 5.41) is -0.398. The van der Waals surface area contributed by atoms with E-state index in [4.69, 9.17) is 16.3 Å². The second-order valence-electron chi connectivity index (χ2n) is 5.38. The number of halogens is 1. The molecule has 0 aromatic carbocycles. The summed E-state index contributed by atoms with van der Waals surface area (Å²) < 4.78 is 5.32. The fourth-order valence-electron chi connectivity index (χ4n) is 1.96. The molecule has 1 fully saturated rings. The molecule has 1 heterocycles. The number of ether oxygens (including phenoxy) is 1. The number of rotatable bonds is 2. The van der Waals surface area contributed by atoms with Crippen LogP contribution in [0.3, 0.4) is 0 Å². The fraction of sp³-hybridized carbons (Fsp3) is 0.833. The minimum Gasteiger partial charge on any atom is -0.444 e. The molecule has 4 nitrogen and oxygen atoms in total. The van der Waals surface area contributed by atoms with E-state index in [0.29, 0.717) is 6.54 Å². The molecule has 0 bridgehead atoms. The Morgan fingerprint density at radius 2 is 2.00 bits per heavy atom. The maximum atomic E-state index is 12.0. The lowest BCUT2D eigenvalue weighted by Crippen LogP contribution is -2.46. The molecule has 0 saturated carbocycles. The van der Waals surface area contributed by atoms with Crippen molar-refractivity contribution in [1.82, 2.24) is 4.90 Å². The predicted octanol–water partition coefficient (Wildman–Crippen LogP) is 2.93. The van der Waals surface area contributed by atoms with E-state index >= 15 is 0 Å². The Hall–Kier alpha value is -0.770. The molecular weight excluding hydrogens is 242 g/mol. The molecule has 5 heteroatoms. The molecule has 0 N–H and O–H groups in total. The first-order valence-corrected chi connectivity index (χ1v) is 6.35. The molecule has 1 atom stereocenters. The van der Waals surface area contributed by atoms with Crippen molar-refractivity contribution in [2.24, 2.45) is 0 Å². The average molecular weight is 262 g/mol. The quantitative estimate of drug-likeness (QED) is 0.718. The van der Waals surface area contributed by atoms with Gasteiger partial charge in [-0.1, -0.05) is 0 Å². The first-order valence-electron chi connectivity index (χ1n) is 5.97. The van der Waals surface area contributed by atoms with Gasteiger partial charge in [-0.15, -0.1) is 0 Å². The van der Waals surface area contributed by atoms with Crippen LogP contribution >= 0.6 is 11.6 Å². The van der Waals surface area contributed by atoms with Crippen LogP contribution in [0, 0.1) is 0 Å². The van der Waals surface area contributed by atoms with Gasteiger partial charge in [0.25, 0.3) is 0 Å². The van der Waals surface area contributed by atoms with Crippen molar-refractivity contribution in [2.75, 3.05) is 6.54 Å². The highest BCUT2D eigenvalue weighted by Crippen LogP contribution is 2.23. The third-order valence-electron chi connectivity index (χ3n) is 2.65. The number of amides is 1. The third-order valence-corrected chi connectivity index (χ3v) is 2.81. The molecule has 1 saturated heterocycles. The van der Waals surface area contributed by atoms with Gasteiger partial charge < -0.3 is 9.64 Å². The summed E-state index contributed by atoms with van der Waals surface area (Å²) >= 11 is 5.40. The van der Waals surface area contributed by atoms with Crippen LogP contribution in [0.1, 0.15) is 46.5 Å². The Labute approximate surface area is 107 Å². The summed E-state index contributed by atoms with van der Waals surface area (Å²) in [7, 11) is 0. The van der Waals surface area contributed by atoms with Gasteiger partial charge in [0.15, 0.2) is 0 Å². The largest absolute Gasteiger partial charge is 0.444 e. The Kier molecular flexibility index (Phi) is 4.80. The summed E-state index contributed by atoms with van der Waals surface area (Å²) in [5.74, 6) is 0. The third kappa shape index (κ3) is 4.94. The number of piperidine rings is 1. The van der Waals surface area contributed by atoms with Crippen LogP contribution in [-0.2, 0) is 9.53 Å². The first-order chi connectivity index (χ1) is 7.79. The lowest BCUT2D eigenvalue weighted by atomic mass is 10.0. The second kappa shape index (κ2) is 5.71. The highest BCUT2D eigenvalue weighted by molar-refractivity contribution is 6.63. The molecule has 1 aliphatic rings. The van der Waals surface area contributed by atoms with Crippen molar-refractivity contribution < 1.29 is 14.3 Å². The highest BCUT2D eigenvalue weighted by Gasteiger charge is 2.31. The minimum atomic E-state index is -0.510. The Morgan fingerprint density at radius 1 is 1.35 bits per heavy atom. The van der Waals surface area contributed by atoms with Crippen LogP contribution in [0.5, 0.6) is 0 Å². The van der Waals surface area contributed by atoms with E-state index in [-0.39, 0.29) is 18.6 Å². The Morgan fingerprint density at radius 3 is 2.53 bits per heavy atom. The maximum absolute atomic E-state index is 12.0. The lowest BCUT2D eigenvalue weighted by Gasteiger charge is -2.36. The van der Waals surface area contributed by atoms with E-state index < -0.39 is 10.8 Å². The van der Waals surface area contributed by atoms with Crippen LogP contribution in [0.2, 0.25) is 0 Å². The standard InChI is InChI=1S/C12H20ClNO3/c1-12(2,3)17-11(16)14-7-5-4-6-9(14)8-10(13)15/h9H,4-8H2,1-3H3. The highest BCUT2D eigenvalue weighted by atomic mass is 35.5. The smallest absolute Gasteiger partial charge is 0.410 e. The molecule has 1 amide bonds. The van der Waals surface area contributed by atoms with Crippen molar-refractivity contribution >= 4 is 22.9 Å². The number of likely N-dealkylation sites (tertiary alicyclic amines) is 1. The number of nitrogens with zero attached hydrogens (tertiary/aromatic N) is 1. The monoisotopic (exact) mass is 261 g/mol. The molecule has 1 unspecified atom stereocenters. The van der Waals surface area contributed by atoms with E-state index in [1.807, 2.05) is 20.8 Å². The normalized spacial score (nSPS) is 21.2. The Bertz CT molecular complexity index is 299. The number of carbonyl (C=O) groups is 2. The minimum absolute atomic E-state index is 0.108. The zero-order valence-corrected chi connectivity index (χ0v) is 11.4. The first kappa shape index (κ1) is 14.3. The zero-order chi connectivity index (χ0) is 13.1. The molecular formula is C12H20ClNO3. The van der Waals surface area contributed by atoms with Crippen LogP contribution in [0.4, 0.5) is 4.79 Å². The van der Waals surface area contributed by atoms with Gasteiger partial charge in [0.05, 0.1) is 0 Å². The molecule has 1 aliphatic heterocycles. The van der Waals surface area contributed by atoms with Gasteiger partial charge in [0, 0.05) is 19.0 Å². The zero-order valence-electron chi connectivity index (χ0n) is 10.7. The SMILES string of the molecule is CC(C)(C)OC(=O)N1CCCCC1CC(=O)Cl. The van der Waals surface area contributed by atoms with E-state index in [0.717, 1.165) is 19.3 Å². The van der Waals surface area contributed by atoms with Crippen molar-refractivity contribution in [1.29, 1.82) is 0 Å². The Balaban J connectivity index is 2.64. The molecule has 0 aromatic rings. The van der Waals surface area contributed by atoms with Crippen LogP contribution < -0.4 is 0 Å². The summed E-state index contributed by atoms with van der Waals surface area (Å²) in [6, 6.07) is -0.108. The number of hydrogen-bond donors (Lipinski definition) is 0. The molecule has 0 spiro atoms. The van der Waals surface area contributed by atoms with Gasteiger partial charge in [-0.3, -0.25) is 4.79 Å². The molecule has 17 heavy (non-hydrogen) atoms. The van der Waals surface area contributed by atoms with Crippen molar-refractivity contribution in [3.63, 3.8) is 0 Å². The lowest BCUT2D eigenvalue weighted by molar-refractivity contribution is -0.113. The molecule has 0 aliphatic carbocycles. The van der Waals surface area contributed by atoms with Crippen LogP contribution in [0.15, 0.2) is 0 Å². The second-order valence-corrected chi connectivity index (χ2v) is 5.80. The van der Waals surface area contributed by atoms with Gasteiger partial charge in [-0.05, 0) is 51.6 Å². The topological polar surface area (TPSA) is 46.6 Å². The van der Waals surface area contributed by atoms with Gasteiger partial charge in [0.1, 0.15) is 5.60 Å². The number of hydrogen-bond acceptors (Lipinski definition) is 3. The van der Waals surface area contributed by atoms with Gasteiger partial charge in [-0.25, -0.2) is 4.79 Å². The number of carbonyl (C=O) groups excluding carboxylic acids is 2.